The molecule has 4 heteroatoms. The Balaban J connectivity index is 1.61. The van der Waals surface area contributed by atoms with Crippen LogP contribution in [0.3, 0.4) is 0 Å². The van der Waals surface area contributed by atoms with Crippen LogP contribution in [-0.2, 0) is 25.7 Å². The second kappa shape index (κ2) is 9.94. The lowest BCUT2D eigenvalue weighted by atomic mass is 9.85. The van der Waals surface area contributed by atoms with Gasteiger partial charge in [-0.05, 0) is 66.0 Å². The Morgan fingerprint density at radius 2 is 1.48 bits per heavy atom. The minimum absolute atomic E-state index is 0.0484. The summed E-state index contributed by atoms with van der Waals surface area (Å²) in [5.41, 5.74) is 3.76. The van der Waals surface area contributed by atoms with Gasteiger partial charge in [0, 0.05) is 16.7 Å². The average Bonchev–Trinajstić information content (AvgIpc) is 2.81. The van der Waals surface area contributed by atoms with Crippen LogP contribution < -0.4 is 0 Å². The van der Waals surface area contributed by atoms with Crippen molar-refractivity contribution in [2.75, 3.05) is 0 Å². The van der Waals surface area contributed by atoms with Gasteiger partial charge in [0.1, 0.15) is 11.6 Å². The third kappa shape index (κ3) is 4.62. The standard InChI is InChI=1S/C29H28F4/c1-3-5-6-7-18-8-12-22(26(30)16-18)20-10-13-23-21(17-20)11-15-24(28(23)32)25-14-9-19(4-2)27(31)29(25)33/h8-12,14-16H,3-7,13,17H2,1-2H3. The third-order valence-corrected chi connectivity index (χ3v) is 6.56. The average molecular weight is 453 g/mol. The van der Waals surface area contributed by atoms with Crippen molar-refractivity contribution in [3.63, 3.8) is 0 Å². The molecule has 0 atom stereocenters. The number of allylic oxidation sites excluding steroid dienone is 2. The molecule has 0 nitrogen and oxygen atoms in total. The summed E-state index contributed by atoms with van der Waals surface area (Å²) < 4.78 is 59.1. The van der Waals surface area contributed by atoms with Crippen molar-refractivity contribution in [2.45, 2.75) is 58.8 Å². The highest BCUT2D eigenvalue weighted by atomic mass is 19.2. The molecule has 1 aliphatic carbocycles. The molecule has 0 fully saturated rings. The summed E-state index contributed by atoms with van der Waals surface area (Å²) in [5, 5.41) is 0. The molecule has 172 valence electrons. The van der Waals surface area contributed by atoms with Crippen molar-refractivity contribution in [3.05, 3.63) is 99.6 Å². The smallest absolute Gasteiger partial charge is 0.167 e. The van der Waals surface area contributed by atoms with E-state index in [0.29, 0.717) is 24.0 Å². The molecule has 0 unspecified atom stereocenters. The topological polar surface area (TPSA) is 0 Å². The summed E-state index contributed by atoms with van der Waals surface area (Å²) >= 11 is 0. The van der Waals surface area contributed by atoms with E-state index in [-0.39, 0.29) is 28.9 Å². The van der Waals surface area contributed by atoms with E-state index in [9.17, 15) is 13.2 Å². The van der Waals surface area contributed by atoms with Crippen LogP contribution in [0.4, 0.5) is 17.6 Å². The van der Waals surface area contributed by atoms with E-state index in [4.69, 9.17) is 0 Å². The van der Waals surface area contributed by atoms with Gasteiger partial charge in [0.25, 0.3) is 0 Å². The van der Waals surface area contributed by atoms with E-state index in [0.717, 1.165) is 42.4 Å². The van der Waals surface area contributed by atoms with Gasteiger partial charge in [-0.2, -0.15) is 0 Å². The fourth-order valence-electron chi connectivity index (χ4n) is 4.59. The Morgan fingerprint density at radius 3 is 2.21 bits per heavy atom. The quantitative estimate of drug-likeness (QED) is 0.249. The molecule has 0 heterocycles. The van der Waals surface area contributed by atoms with Gasteiger partial charge in [-0.25, -0.2) is 17.6 Å². The van der Waals surface area contributed by atoms with Crippen LogP contribution in [0.1, 0.15) is 60.9 Å². The Morgan fingerprint density at radius 1 is 0.758 bits per heavy atom. The number of rotatable bonds is 7. The molecule has 0 saturated carbocycles. The fraction of sp³-hybridized carbons (Fsp3) is 0.310. The molecule has 0 N–H and O–H groups in total. The summed E-state index contributed by atoms with van der Waals surface area (Å²) in [5.74, 6) is -2.76. The first-order valence-corrected chi connectivity index (χ1v) is 11.7. The van der Waals surface area contributed by atoms with Crippen LogP contribution in [0.15, 0.2) is 48.5 Å². The Bertz CT molecular complexity index is 1210. The minimum Gasteiger partial charge on any atom is -0.206 e. The highest BCUT2D eigenvalue weighted by molar-refractivity contribution is 5.74. The number of unbranched alkanes of at least 4 members (excludes halogenated alkanes) is 2. The van der Waals surface area contributed by atoms with Crippen molar-refractivity contribution in [1.82, 2.24) is 0 Å². The van der Waals surface area contributed by atoms with Crippen molar-refractivity contribution in [3.8, 4) is 11.1 Å². The van der Waals surface area contributed by atoms with Gasteiger partial charge >= 0.3 is 0 Å². The molecule has 3 aromatic carbocycles. The van der Waals surface area contributed by atoms with Crippen LogP contribution in [0.2, 0.25) is 0 Å². The van der Waals surface area contributed by atoms with Crippen molar-refractivity contribution < 1.29 is 17.6 Å². The summed E-state index contributed by atoms with van der Waals surface area (Å²) in [7, 11) is 0. The summed E-state index contributed by atoms with van der Waals surface area (Å²) in [4.78, 5) is 0. The molecule has 0 aliphatic heterocycles. The van der Waals surface area contributed by atoms with E-state index in [1.807, 2.05) is 18.2 Å². The molecule has 0 aromatic heterocycles. The Kier molecular flexibility index (Phi) is 7.02. The molecule has 0 radical (unpaired) electrons. The highest BCUT2D eigenvalue weighted by Gasteiger charge is 2.23. The van der Waals surface area contributed by atoms with E-state index >= 15 is 4.39 Å². The number of aryl methyl sites for hydroxylation is 2. The molecule has 0 bridgehead atoms. The van der Waals surface area contributed by atoms with Gasteiger partial charge in [-0.1, -0.05) is 69.2 Å². The summed E-state index contributed by atoms with van der Waals surface area (Å²) in [6.07, 6.45) is 7.01. The first kappa shape index (κ1) is 23.3. The third-order valence-electron chi connectivity index (χ3n) is 6.56. The molecule has 4 rings (SSSR count). The van der Waals surface area contributed by atoms with Gasteiger partial charge in [0.15, 0.2) is 11.6 Å². The lowest BCUT2D eigenvalue weighted by Gasteiger charge is -2.20. The largest absolute Gasteiger partial charge is 0.206 e. The van der Waals surface area contributed by atoms with Crippen molar-refractivity contribution >= 4 is 5.57 Å². The first-order valence-electron chi connectivity index (χ1n) is 11.7. The number of fused-ring (bicyclic) bond motifs is 1. The van der Waals surface area contributed by atoms with Gasteiger partial charge in [0.05, 0.1) is 0 Å². The van der Waals surface area contributed by atoms with Crippen LogP contribution in [0, 0.1) is 23.3 Å². The van der Waals surface area contributed by atoms with E-state index in [1.165, 1.54) is 18.2 Å². The van der Waals surface area contributed by atoms with Gasteiger partial charge < -0.3 is 0 Å². The Labute approximate surface area is 193 Å². The molecule has 0 spiro atoms. The second-order valence-corrected chi connectivity index (χ2v) is 8.70. The highest BCUT2D eigenvalue weighted by Crippen LogP contribution is 2.36. The van der Waals surface area contributed by atoms with E-state index in [1.54, 1.807) is 19.1 Å². The Hall–Kier alpha value is -2.88. The molecular formula is C29H28F4. The lowest BCUT2D eigenvalue weighted by molar-refractivity contribution is 0.501. The van der Waals surface area contributed by atoms with E-state index in [2.05, 4.69) is 6.92 Å². The molecule has 3 aromatic rings. The fourth-order valence-corrected chi connectivity index (χ4v) is 4.59. The van der Waals surface area contributed by atoms with Gasteiger partial charge in [-0.15, -0.1) is 0 Å². The second-order valence-electron chi connectivity index (χ2n) is 8.70. The van der Waals surface area contributed by atoms with Gasteiger partial charge in [0.2, 0.25) is 0 Å². The zero-order chi connectivity index (χ0) is 23.5. The number of halogens is 4. The maximum atomic E-state index is 15.4. The molecule has 33 heavy (non-hydrogen) atoms. The van der Waals surface area contributed by atoms with Crippen LogP contribution in [0.5, 0.6) is 0 Å². The maximum absolute atomic E-state index is 15.4. The number of benzene rings is 3. The summed E-state index contributed by atoms with van der Waals surface area (Å²) in [6, 6.07) is 11.5. The first-order chi connectivity index (χ1) is 15.9. The zero-order valence-electron chi connectivity index (χ0n) is 19.1. The lowest BCUT2D eigenvalue weighted by Crippen LogP contribution is -2.08. The normalized spacial score (nSPS) is 13.1. The van der Waals surface area contributed by atoms with Crippen LogP contribution >= 0.6 is 0 Å². The molecule has 1 aliphatic rings. The minimum atomic E-state index is -1.03. The van der Waals surface area contributed by atoms with Gasteiger partial charge in [-0.3, -0.25) is 0 Å². The predicted molar refractivity (Wildman–Crippen MR) is 126 cm³/mol. The SMILES string of the molecule is CCCCCc1ccc(C2=CCc3c(ccc(-c4ccc(CC)c(F)c4F)c3F)C2)c(F)c1. The van der Waals surface area contributed by atoms with Crippen LogP contribution in [-0.4, -0.2) is 0 Å². The maximum Gasteiger partial charge on any atom is 0.167 e. The van der Waals surface area contributed by atoms with Crippen molar-refractivity contribution in [2.24, 2.45) is 0 Å². The van der Waals surface area contributed by atoms with Crippen molar-refractivity contribution in [1.29, 1.82) is 0 Å². The summed E-state index contributed by atoms with van der Waals surface area (Å²) in [6.45, 7) is 3.88. The van der Waals surface area contributed by atoms with Crippen LogP contribution in [0.25, 0.3) is 16.7 Å². The molecule has 0 amide bonds. The molecule has 0 saturated heterocycles. The number of hydrogen-bond donors (Lipinski definition) is 0. The number of hydrogen-bond acceptors (Lipinski definition) is 0. The zero-order valence-corrected chi connectivity index (χ0v) is 19.1. The monoisotopic (exact) mass is 452 g/mol. The molecular weight excluding hydrogens is 424 g/mol. The van der Waals surface area contributed by atoms with E-state index < -0.39 is 17.5 Å². The predicted octanol–water partition coefficient (Wildman–Crippen LogP) is 8.39.